The molecule has 2 aromatic heterocycles. The maximum Gasteiger partial charge on any atom is 0.220 e. The Morgan fingerprint density at radius 3 is 2.92 bits per heavy atom. The lowest BCUT2D eigenvalue weighted by Gasteiger charge is -2.19. The lowest BCUT2D eigenvalue weighted by molar-refractivity contribution is -0.119. The standard InChI is InChI=1S/C27H25BrN6O3/c1-34-21-11-16(13-29-15-18-6-8-24(35)31-18)14-30-26(21)27(33-34)32-20-4-2-3-19(25(20)28)17-5-7-22-23(12-17)37-10-9-36-22/h2-5,7,11-14,18H,6,8-10,15H2,1H3,(H,31,35)(H,32,33)/t18-/m0/s1. The zero-order valence-electron chi connectivity index (χ0n) is 20.2. The van der Waals surface area contributed by atoms with E-state index >= 15 is 0 Å². The van der Waals surface area contributed by atoms with Crippen LogP contribution in [0.25, 0.3) is 22.2 Å². The number of aryl methyl sites for hydroxylation is 1. The number of amides is 1. The SMILES string of the molecule is Cn1nc(Nc2cccc(-c3ccc4c(c3)OCCO4)c2Br)c2ncc(C=NC[C@@H]3CCC(=O)N3)cc21. The van der Waals surface area contributed by atoms with Gasteiger partial charge < -0.3 is 20.1 Å². The third kappa shape index (κ3) is 4.76. The van der Waals surface area contributed by atoms with Crippen LogP contribution in [0.4, 0.5) is 11.5 Å². The lowest BCUT2D eigenvalue weighted by atomic mass is 10.0. The summed E-state index contributed by atoms with van der Waals surface area (Å²) < 4.78 is 14.1. The molecule has 10 heteroatoms. The Labute approximate surface area is 222 Å². The van der Waals surface area contributed by atoms with Crippen LogP contribution >= 0.6 is 15.9 Å². The molecule has 0 aliphatic carbocycles. The zero-order valence-corrected chi connectivity index (χ0v) is 21.8. The molecule has 9 nitrogen and oxygen atoms in total. The number of benzene rings is 2. The third-order valence-corrected chi connectivity index (χ3v) is 7.32. The van der Waals surface area contributed by atoms with E-state index in [9.17, 15) is 4.79 Å². The molecule has 2 N–H and O–H groups in total. The maximum atomic E-state index is 11.4. The van der Waals surface area contributed by atoms with E-state index in [1.165, 1.54) is 0 Å². The first-order valence-corrected chi connectivity index (χ1v) is 12.9. The van der Waals surface area contributed by atoms with Crippen LogP contribution in [0.15, 0.2) is 58.1 Å². The van der Waals surface area contributed by atoms with Crippen molar-refractivity contribution in [2.24, 2.45) is 12.0 Å². The average molecular weight is 561 g/mol. The molecule has 6 rings (SSSR count). The largest absolute Gasteiger partial charge is 0.486 e. The van der Waals surface area contributed by atoms with Gasteiger partial charge in [-0.1, -0.05) is 18.2 Å². The molecule has 2 aliphatic rings. The van der Waals surface area contributed by atoms with Gasteiger partial charge in [0.05, 0.1) is 17.7 Å². The van der Waals surface area contributed by atoms with Gasteiger partial charge >= 0.3 is 0 Å². The summed E-state index contributed by atoms with van der Waals surface area (Å²) in [4.78, 5) is 20.5. The van der Waals surface area contributed by atoms with Gasteiger partial charge in [0, 0.05) is 42.0 Å². The Balaban J connectivity index is 1.24. The van der Waals surface area contributed by atoms with E-state index in [1.54, 1.807) is 17.1 Å². The highest BCUT2D eigenvalue weighted by Gasteiger charge is 2.20. The Bertz CT molecular complexity index is 1530. The molecule has 37 heavy (non-hydrogen) atoms. The summed E-state index contributed by atoms with van der Waals surface area (Å²) in [5, 5.41) is 11.0. The smallest absolute Gasteiger partial charge is 0.220 e. The molecule has 0 bridgehead atoms. The average Bonchev–Trinajstić information content (AvgIpc) is 3.47. The number of nitrogens with one attached hydrogen (secondary N) is 2. The van der Waals surface area contributed by atoms with Crippen molar-refractivity contribution in [3.05, 3.63) is 58.7 Å². The first-order chi connectivity index (χ1) is 18.0. The Morgan fingerprint density at radius 2 is 2.08 bits per heavy atom. The molecule has 4 aromatic rings. The van der Waals surface area contributed by atoms with E-state index in [4.69, 9.17) is 9.47 Å². The van der Waals surface area contributed by atoms with Crippen molar-refractivity contribution in [2.45, 2.75) is 18.9 Å². The Kier molecular flexibility index (Phi) is 6.25. The van der Waals surface area contributed by atoms with Crippen molar-refractivity contribution in [3.8, 4) is 22.6 Å². The number of fused-ring (bicyclic) bond motifs is 2. The van der Waals surface area contributed by atoms with E-state index in [0.29, 0.717) is 32.0 Å². The molecular formula is C27H25BrN6O3. The van der Waals surface area contributed by atoms with Gasteiger partial charge in [-0.05, 0) is 57.7 Å². The van der Waals surface area contributed by atoms with Crippen LogP contribution in [0.3, 0.4) is 0 Å². The van der Waals surface area contributed by atoms with Crippen LogP contribution < -0.4 is 20.1 Å². The number of carbonyl (C=O) groups excluding carboxylic acids is 1. The van der Waals surface area contributed by atoms with Gasteiger partial charge in [0.1, 0.15) is 18.7 Å². The van der Waals surface area contributed by atoms with E-state index < -0.39 is 0 Å². The number of aromatic nitrogens is 3. The molecule has 0 unspecified atom stereocenters. The number of nitrogens with zero attached hydrogens (tertiary/aromatic N) is 4. The molecule has 0 saturated carbocycles. The minimum absolute atomic E-state index is 0.0988. The molecule has 2 aromatic carbocycles. The summed E-state index contributed by atoms with van der Waals surface area (Å²) in [7, 11) is 1.89. The summed E-state index contributed by atoms with van der Waals surface area (Å²) in [6, 6.07) is 14.1. The Morgan fingerprint density at radius 1 is 1.22 bits per heavy atom. The summed E-state index contributed by atoms with van der Waals surface area (Å²) >= 11 is 3.78. The van der Waals surface area contributed by atoms with E-state index in [2.05, 4.69) is 47.7 Å². The summed E-state index contributed by atoms with van der Waals surface area (Å²) in [6.07, 6.45) is 4.99. The normalized spacial score (nSPS) is 16.9. The fraction of sp³-hybridized carbons (Fsp3) is 0.259. The molecule has 188 valence electrons. The van der Waals surface area contributed by atoms with E-state index in [-0.39, 0.29) is 11.9 Å². The van der Waals surface area contributed by atoms with Gasteiger partial charge in [-0.2, -0.15) is 5.10 Å². The highest BCUT2D eigenvalue weighted by Crippen LogP contribution is 2.40. The van der Waals surface area contributed by atoms with Gasteiger partial charge in [-0.15, -0.1) is 0 Å². The highest BCUT2D eigenvalue weighted by molar-refractivity contribution is 9.10. The molecule has 0 radical (unpaired) electrons. The summed E-state index contributed by atoms with van der Waals surface area (Å²) in [5.74, 6) is 2.28. The number of rotatable bonds is 6. The number of hydrogen-bond donors (Lipinski definition) is 2. The number of ether oxygens (including phenoxy) is 2. The Hall–Kier alpha value is -3.92. The number of pyridine rings is 1. The van der Waals surface area contributed by atoms with Gasteiger partial charge in [-0.25, -0.2) is 4.98 Å². The van der Waals surface area contributed by atoms with Gasteiger partial charge in [0.15, 0.2) is 17.3 Å². The number of hydrogen-bond acceptors (Lipinski definition) is 7. The fourth-order valence-electron chi connectivity index (χ4n) is 4.59. The number of halogens is 1. The van der Waals surface area contributed by atoms with Crippen molar-refractivity contribution in [1.29, 1.82) is 0 Å². The molecule has 1 saturated heterocycles. The summed E-state index contributed by atoms with van der Waals surface area (Å²) in [6.45, 7) is 1.68. The first-order valence-electron chi connectivity index (χ1n) is 12.1. The van der Waals surface area contributed by atoms with Crippen LogP contribution in [0.5, 0.6) is 11.5 Å². The van der Waals surface area contributed by atoms with Gasteiger partial charge in [0.25, 0.3) is 0 Å². The molecule has 0 spiro atoms. The molecule has 2 aliphatic heterocycles. The van der Waals surface area contributed by atoms with Crippen LogP contribution in [0.2, 0.25) is 0 Å². The predicted octanol–water partition coefficient (Wildman–Crippen LogP) is 4.61. The van der Waals surface area contributed by atoms with Crippen LogP contribution in [0.1, 0.15) is 18.4 Å². The van der Waals surface area contributed by atoms with Crippen molar-refractivity contribution in [2.75, 3.05) is 25.1 Å². The van der Waals surface area contributed by atoms with Gasteiger partial charge in [-0.3, -0.25) is 14.5 Å². The van der Waals surface area contributed by atoms with Crippen LogP contribution in [0, 0.1) is 0 Å². The van der Waals surface area contributed by atoms with Crippen LogP contribution in [-0.4, -0.2) is 52.7 Å². The second kappa shape index (κ2) is 9.85. The number of aliphatic imine (C=N–C) groups is 1. The van der Waals surface area contributed by atoms with Crippen molar-refractivity contribution in [3.63, 3.8) is 0 Å². The minimum atomic E-state index is 0.0988. The zero-order chi connectivity index (χ0) is 25.4. The molecular weight excluding hydrogens is 536 g/mol. The fourth-order valence-corrected chi connectivity index (χ4v) is 5.19. The molecule has 1 amide bonds. The first kappa shape index (κ1) is 23.5. The second-order valence-electron chi connectivity index (χ2n) is 9.06. The second-order valence-corrected chi connectivity index (χ2v) is 9.85. The monoisotopic (exact) mass is 560 g/mol. The maximum absolute atomic E-state index is 11.4. The highest BCUT2D eigenvalue weighted by atomic mass is 79.9. The van der Waals surface area contributed by atoms with Crippen molar-refractivity contribution < 1.29 is 14.3 Å². The third-order valence-electron chi connectivity index (χ3n) is 6.47. The quantitative estimate of drug-likeness (QED) is 0.334. The van der Waals surface area contributed by atoms with Gasteiger partial charge in [0.2, 0.25) is 5.91 Å². The van der Waals surface area contributed by atoms with E-state index in [1.807, 2.05) is 43.4 Å². The topological polar surface area (TPSA) is 103 Å². The predicted molar refractivity (Wildman–Crippen MR) is 146 cm³/mol. The molecule has 1 fully saturated rings. The van der Waals surface area contributed by atoms with E-state index in [0.717, 1.165) is 55.8 Å². The minimum Gasteiger partial charge on any atom is -0.486 e. The number of carbonyl (C=O) groups is 1. The summed E-state index contributed by atoms with van der Waals surface area (Å²) in [5.41, 5.74) is 5.45. The number of anilines is 2. The lowest BCUT2D eigenvalue weighted by Crippen LogP contribution is -2.27. The van der Waals surface area contributed by atoms with Crippen LogP contribution in [-0.2, 0) is 11.8 Å². The molecule has 1 atom stereocenters. The molecule has 4 heterocycles. The van der Waals surface area contributed by atoms with Crippen molar-refractivity contribution >= 4 is 50.6 Å². The van der Waals surface area contributed by atoms with Crippen molar-refractivity contribution in [1.82, 2.24) is 20.1 Å².